The summed E-state index contributed by atoms with van der Waals surface area (Å²) in [6.45, 7) is 6.50. The van der Waals surface area contributed by atoms with E-state index in [9.17, 15) is 19.8 Å². The van der Waals surface area contributed by atoms with Gasteiger partial charge in [0, 0.05) is 6.42 Å². The molecule has 3 atom stereocenters. The van der Waals surface area contributed by atoms with E-state index in [4.69, 9.17) is 4.74 Å². The zero-order chi connectivity index (χ0) is 46.7. The lowest BCUT2D eigenvalue weighted by Crippen LogP contribution is -2.46. The fraction of sp³-hybridized carbons (Fsp3) is 0.897. The van der Waals surface area contributed by atoms with Gasteiger partial charge in [0.1, 0.15) is 6.10 Å². The van der Waals surface area contributed by atoms with Crippen molar-refractivity contribution >= 4 is 11.9 Å². The quantitative estimate of drug-likeness (QED) is 0.0321. The van der Waals surface area contributed by atoms with Gasteiger partial charge < -0.3 is 20.3 Å². The first kappa shape index (κ1) is 62.3. The average molecular weight is 903 g/mol. The van der Waals surface area contributed by atoms with Crippen molar-refractivity contribution in [3.05, 3.63) is 24.3 Å². The zero-order valence-electron chi connectivity index (χ0n) is 43.2. The number of aliphatic hydroxyl groups excluding tert-OH is 2. The number of hydrogen-bond acceptors (Lipinski definition) is 5. The van der Waals surface area contributed by atoms with Crippen molar-refractivity contribution in [2.24, 2.45) is 0 Å². The fourth-order valence-electron chi connectivity index (χ4n) is 8.89. The number of nitrogens with one attached hydrogen (secondary N) is 1. The number of unbranched alkanes of at least 4 members (excludes halogenated alkanes) is 36. The SMILES string of the molecule is CCCCCCCC/C=C/CCCCCCCCCCCC(=O)OC(CCCCC/C=C/CCCCCCCCC)CC(=O)NC(CO)C(O)CCCCCCCCCCCCCC. The molecule has 6 nitrogen and oxygen atoms in total. The van der Waals surface area contributed by atoms with Gasteiger partial charge in [0.25, 0.3) is 0 Å². The molecule has 0 aliphatic carbocycles. The number of esters is 1. The van der Waals surface area contributed by atoms with E-state index in [0.29, 0.717) is 19.3 Å². The summed E-state index contributed by atoms with van der Waals surface area (Å²) in [5, 5.41) is 23.8. The van der Waals surface area contributed by atoms with Gasteiger partial charge in [0.15, 0.2) is 0 Å². The van der Waals surface area contributed by atoms with E-state index in [-0.39, 0.29) is 24.9 Å². The Hall–Kier alpha value is -1.66. The van der Waals surface area contributed by atoms with Crippen LogP contribution in [-0.2, 0) is 14.3 Å². The average Bonchev–Trinajstić information content (AvgIpc) is 3.29. The molecule has 0 spiro atoms. The maximum Gasteiger partial charge on any atom is 0.306 e. The minimum absolute atomic E-state index is 0.0708. The van der Waals surface area contributed by atoms with E-state index in [2.05, 4.69) is 50.4 Å². The number of ether oxygens (including phenoxy) is 1. The van der Waals surface area contributed by atoms with Gasteiger partial charge >= 0.3 is 5.97 Å². The highest BCUT2D eigenvalue weighted by atomic mass is 16.5. The Morgan fingerprint density at radius 2 is 0.750 bits per heavy atom. The van der Waals surface area contributed by atoms with Crippen LogP contribution < -0.4 is 5.32 Å². The molecule has 0 aromatic heterocycles. The third-order valence-corrected chi connectivity index (χ3v) is 13.3. The van der Waals surface area contributed by atoms with Gasteiger partial charge in [-0.3, -0.25) is 9.59 Å². The lowest BCUT2D eigenvalue weighted by molar-refractivity contribution is -0.151. The second-order valence-electron chi connectivity index (χ2n) is 19.7. The number of carbonyl (C=O) groups excluding carboxylic acids is 2. The van der Waals surface area contributed by atoms with Crippen LogP contribution >= 0.6 is 0 Å². The Bertz CT molecular complexity index is 1010. The van der Waals surface area contributed by atoms with Crippen molar-refractivity contribution in [2.75, 3.05) is 6.61 Å². The van der Waals surface area contributed by atoms with E-state index in [1.807, 2.05) is 0 Å². The first-order valence-corrected chi connectivity index (χ1v) is 28.6. The second-order valence-corrected chi connectivity index (χ2v) is 19.7. The van der Waals surface area contributed by atoms with Crippen LogP contribution in [0.3, 0.4) is 0 Å². The van der Waals surface area contributed by atoms with E-state index in [0.717, 1.165) is 57.8 Å². The molecule has 6 heteroatoms. The van der Waals surface area contributed by atoms with E-state index >= 15 is 0 Å². The minimum atomic E-state index is -0.788. The van der Waals surface area contributed by atoms with Crippen LogP contribution in [0.25, 0.3) is 0 Å². The maximum absolute atomic E-state index is 13.2. The lowest BCUT2D eigenvalue weighted by atomic mass is 10.0. The molecule has 0 aliphatic rings. The van der Waals surface area contributed by atoms with Crippen LogP contribution in [-0.4, -0.2) is 46.9 Å². The van der Waals surface area contributed by atoms with Crippen LogP contribution in [0.1, 0.15) is 310 Å². The molecule has 0 saturated carbocycles. The molecule has 0 fully saturated rings. The summed E-state index contributed by atoms with van der Waals surface area (Å²) in [6, 6.07) is -0.703. The molecule has 0 heterocycles. The Kier molecular flexibility index (Phi) is 51.0. The van der Waals surface area contributed by atoms with Crippen molar-refractivity contribution in [3.8, 4) is 0 Å². The van der Waals surface area contributed by atoms with Gasteiger partial charge in [-0.05, 0) is 77.0 Å². The summed E-state index contributed by atoms with van der Waals surface area (Å²) in [4.78, 5) is 26.2. The monoisotopic (exact) mass is 902 g/mol. The smallest absolute Gasteiger partial charge is 0.306 e. The lowest BCUT2D eigenvalue weighted by Gasteiger charge is -2.24. The molecule has 0 saturated heterocycles. The van der Waals surface area contributed by atoms with Gasteiger partial charge in [-0.2, -0.15) is 0 Å². The van der Waals surface area contributed by atoms with Crippen molar-refractivity contribution < 1.29 is 24.5 Å². The summed E-state index contributed by atoms with van der Waals surface area (Å²) in [7, 11) is 0. The summed E-state index contributed by atoms with van der Waals surface area (Å²) < 4.78 is 5.95. The Balaban J connectivity index is 4.51. The van der Waals surface area contributed by atoms with Crippen molar-refractivity contribution in [3.63, 3.8) is 0 Å². The highest BCUT2D eigenvalue weighted by Crippen LogP contribution is 2.18. The molecular formula is C58H111NO5. The molecule has 0 bridgehead atoms. The number of amides is 1. The summed E-state index contributed by atoms with van der Waals surface area (Å²) in [5.41, 5.74) is 0. The molecule has 1 amide bonds. The van der Waals surface area contributed by atoms with Gasteiger partial charge in [0.2, 0.25) is 5.91 Å². The van der Waals surface area contributed by atoms with Crippen LogP contribution in [0, 0.1) is 0 Å². The van der Waals surface area contributed by atoms with E-state index in [1.54, 1.807) is 0 Å². The molecule has 0 aromatic rings. The third kappa shape index (κ3) is 46.9. The molecule has 0 rings (SSSR count). The second kappa shape index (κ2) is 52.3. The molecular weight excluding hydrogens is 791 g/mol. The maximum atomic E-state index is 13.2. The van der Waals surface area contributed by atoms with Crippen LogP contribution in [0.15, 0.2) is 24.3 Å². The first-order chi connectivity index (χ1) is 31.5. The van der Waals surface area contributed by atoms with Gasteiger partial charge in [-0.25, -0.2) is 0 Å². The van der Waals surface area contributed by atoms with Crippen LogP contribution in [0.5, 0.6) is 0 Å². The largest absolute Gasteiger partial charge is 0.462 e. The molecule has 0 aromatic carbocycles. The predicted molar refractivity (Wildman–Crippen MR) is 278 cm³/mol. The van der Waals surface area contributed by atoms with Crippen molar-refractivity contribution in [1.82, 2.24) is 5.32 Å². The topological polar surface area (TPSA) is 95.9 Å². The minimum Gasteiger partial charge on any atom is -0.462 e. The zero-order valence-corrected chi connectivity index (χ0v) is 43.2. The van der Waals surface area contributed by atoms with Gasteiger partial charge in [-0.1, -0.05) is 244 Å². The Labute approximate surface area is 399 Å². The van der Waals surface area contributed by atoms with Crippen LogP contribution in [0.4, 0.5) is 0 Å². The molecule has 378 valence electrons. The Morgan fingerprint density at radius 1 is 0.438 bits per heavy atom. The van der Waals surface area contributed by atoms with Crippen LogP contribution in [0.2, 0.25) is 0 Å². The van der Waals surface area contributed by atoms with E-state index < -0.39 is 18.2 Å². The first-order valence-electron chi connectivity index (χ1n) is 28.6. The normalized spacial score (nSPS) is 13.3. The number of allylic oxidation sites excluding steroid dienone is 4. The number of rotatable bonds is 52. The fourth-order valence-corrected chi connectivity index (χ4v) is 8.89. The predicted octanol–water partition coefficient (Wildman–Crippen LogP) is 17.5. The third-order valence-electron chi connectivity index (χ3n) is 13.3. The summed E-state index contributed by atoms with van der Waals surface area (Å²) >= 11 is 0. The summed E-state index contributed by atoms with van der Waals surface area (Å²) in [5.74, 6) is -0.475. The summed E-state index contributed by atoms with van der Waals surface area (Å²) in [6.07, 6.45) is 61.0. The van der Waals surface area contributed by atoms with E-state index in [1.165, 1.54) is 205 Å². The molecule has 0 aliphatic heterocycles. The highest BCUT2D eigenvalue weighted by Gasteiger charge is 2.24. The molecule has 3 unspecified atom stereocenters. The standard InChI is InChI=1S/C58H111NO5/c1-4-7-10-13-16-19-22-25-27-28-29-30-31-33-36-39-42-45-48-51-58(63)64-54(49-46-43-40-37-34-32-26-23-20-17-14-11-8-5-2)52-57(62)59-55(53-60)56(61)50-47-44-41-38-35-24-21-18-15-12-9-6-3/h25,27,32,34,54-56,60-61H,4-24,26,28-31,33,35-53H2,1-3H3,(H,59,62)/b27-25+,34-32+. The van der Waals surface area contributed by atoms with Crippen molar-refractivity contribution in [1.29, 1.82) is 0 Å². The molecule has 64 heavy (non-hydrogen) atoms. The highest BCUT2D eigenvalue weighted by molar-refractivity contribution is 5.77. The molecule has 0 radical (unpaired) electrons. The van der Waals surface area contributed by atoms with Crippen molar-refractivity contribution in [2.45, 2.75) is 328 Å². The molecule has 3 N–H and O–H groups in total. The number of carbonyl (C=O) groups is 2. The number of hydrogen-bond donors (Lipinski definition) is 3. The number of aliphatic hydroxyl groups is 2. The van der Waals surface area contributed by atoms with Gasteiger partial charge in [0.05, 0.1) is 25.2 Å². The Morgan fingerprint density at radius 3 is 1.12 bits per heavy atom. The van der Waals surface area contributed by atoms with Gasteiger partial charge in [-0.15, -0.1) is 0 Å².